The molecule has 2 aliphatic heterocycles. The molecule has 0 unspecified atom stereocenters. The van der Waals surface area contributed by atoms with Crippen molar-refractivity contribution in [1.82, 2.24) is 15.0 Å². The van der Waals surface area contributed by atoms with E-state index in [2.05, 4.69) is 68.4 Å². The van der Waals surface area contributed by atoms with E-state index in [0.29, 0.717) is 18.6 Å². The van der Waals surface area contributed by atoms with Gasteiger partial charge in [0.15, 0.2) is 11.6 Å². The first-order chi connectivity index (χ1) is 15.2. The van der Waals surface area contributed by atoms with E-state index in [0.717, 1.165) is 55.4 Å². The molecule has 0 aliphatic carbocycles. The molecule has 1 N–H and O–H groups in total. The third-order valence-corrected chi connectivity index (χ3v) is 6.04. The van der Waals surface area contributed by atoms with Crippen LogP contribution in [-0.2, 0) is 0 Å². The summed E-state index contributed by atoms with van der Waals surface area (Å²) >= 11 is 0. The van der Waals surface area contributed by atoms with Crippen LogP contribution >= 0.6 is 0 Å². The van der Waals surface area contributed by atoms with Gasteiger partial charge in [0.2, 0.25) is 5.95 Å². The number of nitrogens with zero attached hydrogens (tertiary/aromatic N) is 5. The average Bonchev–Trinajstić information content (AvgIpc) is 2.80. The average molecular weight is 417 g/mol. The van der Waals surface area contributed by atoms with Gasteiger partial charge in [-0.05, 0) is 50.5 Å². The second kappa shape index (κ2) is 8.41. The molecule has 5 rings (SSSR count). The zero-order chi connectivity index (χ0) is 21.2. The molecule has 0 bridgehead atoms. The quantitative estimate of drug-likeness (QED) is 0.687. The van der Waals surface area contributed by atoms with Crippen LogP contribution in [0.15, 0.2) is 48.8 Å². The number of pyridine rings is 1. The van der Waals surface area contributed by atoms with Crippen LogP contribution < -0.4 is 19.9 Å². The van der Waals surface area contributed by atoms with Gasteiger partial charge in [0, 0.05) is 42.4 Å². The van der Waals surface area contributed by atoms with Gasteiger partial charge >= 0.3 is 0 Å². The summed E-state index contributed by atoms with van der Waals surface area (Å²) in [6, 6.07) is 13.0. The van der Waals surface area contributed by atoms with E-state index in [4.69, 9.17) is 9.72 Å². The molecule has 1 aromatic carbocycles. The van der Waals surface area contributed by atoms with Gasteiger partial charge in [0.25, 0.3) is 0 Å². The first-order valence-electron chi connectivity index (χ1n) is 10.9. The maximum absolute atomic E-state index is 5.83. The molecule has 0 saturated carbocycles. The molecule has 7 nitrogen and oxygen atoms in total. The molecule has 1 fully saturated rings. The van der Waals surface area contributed by atoms with Crippen molar-refractivity contribution in [2.45, 2.75) is 32.7 Å². The molecule has 160 valence electrons. The lowest BCUT2D eigenvalue weighted by atomic mass is 10.0. The Hall–Kier alpha value is -3.35. The minimum absolute atomic E-state index is 0.355. The number of piperidine rings is 1. The highest BCUT2D eigenvalue weighted by Gasteiger charge is 2.25. The Bertz CT molecular complexity index is 1060. The molecule has 1 saturated heterocycles. The van der Waals surface area contributed by atoms with Gasteiger partial charge in [-0.3, -0.25) is 4.98 Å². The third-order valence-electron chi connectivity index (χ3n) is 6.04. The van der Waals surface area contributed by atoms with Crippen molar-refractivity contribution < 1.29 is 4.74 Å². The van der Waals surface area contributed by atoms with Crippen LogP contribution in [0, 0.1) is 13.8 Å². The zero-order valence-electron chi connectivity index (χ0n) is 18.1. The highest BCUT2D eigenvalue weighted by molar-refractivity contribution is 5.69. The summed E-state index contributed by atoms with van der Waals surface area (Å²) in [5.74, 6) is 2.24. The summed E-state index contributed by atoms with van der Waals surface area (Å²) in [6.07, 6.45) is 5.77. The van der Waals surface area contributed by atoms with Gasteiger partial charge < -0.3 is 19.9 Å². The lowest BCUT2D eigenvalue weighted by Crippen LogP contribution is -2.39. The topological polar surface area (TPSA) is 66.4 Å². The fraction of sp³-hybridized carbons (Fsp3) is 0.375. The number of benzene rings is 1. The van der Waals surface area contributed by atoms with Crippen LogP contribution in [0.1, 0.15) is 24.1 Å². The van der Waals surface area contributed by atoms with E-state index in [-0.39, 0.29) is 0 Å². The van der Waals surface area contributed by atoms with Crippen molar-refractivity contribution in [2.75, 3.05) is 41.4 Å². The highest BCUT2D eigenvalue weighted by atomic mass is 16.5. The predicted molar refractivity (Wildman–Crippen MR) is 124 cm³/mol. The van der Waals surface area contributed by atoms with Crippen LogP contribution in [0.25, 0.3) is 0 Å². The number of para-hydroxylation sites is 1. The molecule has 3 aromatic rings. The molecule has 2 aromatic heterocycles. The smallest absolute Gasteiger partial charge is 0.225 e. The summed E-state index contributed by atoms with van der Waals surface area (Å²) in [6.45, 7) is 7.58. The zero-order valence-corrected chi connectivity index (χ0v) is 18.1. The summed E-state index contributed by atoms with van der Waals surface area (Å²) in [5, 5.41) is 3.56. The van der Waals surface area contributed by atoms with Crippen LogP contribution in [0.3, 0.4) is 0 Å². The Kier molecular flexibility index (Phi) is 5.32. The Balaban J connectivity index is 1.29. The summed E-state index contributed by atoms with van der Waals surface area (Å²) in [7, 11) is 0. The van der Waals surface area contributed by atoms with Crippen molar-refractivity contribution in [3.8, 4) is 5.75 Å². The molecule has 31 heavy (non-hydrogen) atoms. The first kappa shape index (κ1) is 19.6. The van der Waals surface area contributed by atoms with E-state index in [9.17, 15) is 0 Å². The second-order valence-corrected chi connectivity index (χ2v) is 8.23. The van der Waals surface area contributed by atoms with Crippen LogP contribution in [-0.4, -0.2) is 47.2 Å². The molecular formula is C24H28N6O. The van der Waals surface area contributed by atoms with Crippen LogP contribution in [0.5, 0.6) is 5.75 Å². The largest absolute Gasteiger partial charge is 0.486 e. The molecule has 2 aliphatic rings. The highest BCUT2D eigenvalue weighted by Crippen LogP contribution is 2.36. The molecule has 0 atom stereocenters. The van der Waals surface area contributed by atoms with Crippen LogP contribution in [0.2, 0.25) is 0 Å². The van der Waals surface area contributed by atoms with Gasteiger partial charge in [-0.2, -0.15) is 4.98 Å². The van der Waals surface area contributed by atoms with Crippen molar-refractivity contribution in [3.63, 3.8) is 0 Å². The molecule has 0 amide bonds. The Morgan fingerprint density at radius 3 is 2.68 bits per heavy atom. The number of anilines is 4. The van der Waals surface area contributed by atoms with Crippen molar-refractivity contribution in [2.24, 2.45) is 0 Å². The fourth-order valence-electron chi connectivity index (χ4n) is 4.37. The molecule has 7 heteroatoms. The third kappa shape index (κ3) is 4.13. The van der Waals surface area contributed by atoms with Gasteiger partial charge in [-0.25, -0.2) is 4.98 Å². The number of ether oxygens (including phenoxy) is 1. The van der Waals surface area contributed by atoms with Gasteiger partial charge in [0.05, 0.1) is 12.7 Å². The number of fused-ring (bicyclic) bond motifs is 1. The van der Waals surface area contributed by atoms with E-state index in [1.165, 1.54) is 11.3 Å². The van der Waals surface area contributed by atoms with Gasteiger partial charge in [0.1, 0.15) is 6.61 Å². The summed E-state index contributed by atoms with van der Waals surface area (Å²) in [4.78, 5) is 18.3. The number of aromatic nitrogens is 3. The van der Waals surface area contributed by atoms with Crippen LogP contribution in [0.4, 0.5) is 23.1 Å². The number of nitrogens with one attached hydrogen (secondary N) is 1. The second-order valence-electron chi connectivity index (χ2n) is 8.23. The SMILES string of the molecule is Cc1cc(N2CCC(Nc3ncc4c(n3)N(c3ccccc3C)CCO4)CC2)ccn1. The first-order valence-corrected chi connectivity index (χ1v) is 10.9. The van der Waals surface area contributed by atoms with Crippen molar-refractivity contribution >= 4 is 23.1 Å². The van der Waals surface area contributed by atoms with E-state index in [1.54, 1.807) is 6.20 Å². The van der Waals surface area contributed by atoms with Gasteiger partial charge in [-0.15, -0.1) is 0 Å². The number of rotatable bonds is 4. The predicted octanol–water partition coefficient (Wildman–Crippen LogP) is 4.10. The lowest BCUT2D eigenvalue weighted by Gasteiger charge is -2.34. The van der Waals surface area contributed by atoms with Gasteiger partial charge in [-0.1, -0.05) is 18.2 Å². The van der Waals surface area contributed by atoms with E-state index in [1.807, 2.05) is 13.1 Å². The monoisotopic (exact) mass is 416 g/mol. The molecular weight excluding hydrogens is 388 g/mol. The Morgan fingerprint density at radius 1 is 1.03 bits per heavy atom. The summed E-state index contributed by atoms with van der Waals surface area (Å²) < 4.78 is 5.83. The van der Waals surface area contributed by atoms with Crippen molar-refractivity contribution in [1.29, 1.82) is 0 Å². The van der Waals surface area contributed by atoms with E-state index < -0.39 is 0 Å². The maximum atomic E-state index is 5.83. The normalized spacial score (nSPS) is 16.6. The van der Waals surface area contributed by atoms with E-state index >= 15 is 0 Å². The number of hydrogen-bond donors (Lipinski definition) is 1. The summed E-state index contributed by atoms with van der Waals surface area (Å²) in [5.41, 5.74) is 4.70. The molecule has 0 spiro atoms. The fourth-order valence-corrected chi connectivity index (χ4v) is 4.37. The standard InChI is InChI=1S/C24H28N6O/c1-17-5-3-4-6-21(17)30-13-14-31-22-16-26-24(28-23(22)30)27-19-8-11-29(12-9-19)20-7-10-25-18(2)15-20/h3-7,10,15-16,19H,8-9,11-14H2,1-2H3,(H,26,27,28). The minimum atomic E-state index is 0.355. The number of aryl methyl sites for hydroxylation is 2. The minimum Gasteiger partial charge on any atom is -0.486 e. The lowest BCUT2D eigenvalue weighted by molar-refractivity contribution is 0.310. The Morgan fingerprint density at radius 2 is 1.87 bits per heavy atom. The maximum Gasteiger partial charge on any atom is 0.225 e. The molecule has 4 heterocycles. The number of hydrogen-bond acceptors (Lipinski definition) is 7. The van der Waals surface area contributed by atoms with Crippen molar-refractivity contribution in [3.05, 3.63) is 60.0 Å². The Labute approximate surface area is 183 Å². The molecule has 0 radical (unpaired) electrons.